The molecule has 2 heteroatoms. The van der Waals surface area contributed by atoms with Crippen LogP contribution in [0.1, 0.15) is 60.3 Å². The molecule has 22 heavy (non-hydrogen) atoms. The van der Waals surface area contributed by atoms with Crippen molar-refractivity contribution in [2.24, 2.45) is 5.92 Å². The number of hydrogen-bond donors (Lipinski definition) is 0. The Bertz CT molecular complexity index is 450. The van der Waals surface area contributed by atoms with Crippen molar-refractivity contribution in [2.45, 2.75) is 60.3 Å². The second kappa shape index (κ2) is 12.5. The highest BCUT2D eigenvalue weighted by atomic mass is 35.5. The fraction of sp³-hybridized carbons (Fsp3) is 0.550. The molecule has 0 spiro atoms. The molecule has 0 rings (SSSR count). The smallest absolute Gasteiger partial charge is 0.146 e. The molecule has 0 aliphatic rings. The van der Waals surface area contributed by atoms with E-state index >= 15 is 0 Å². The van der Waals surface area contributed by atoms with Crippen LogP contribution in [-0.2, 0) is 4.79 Å². The van der Waals surface area contributed by atoms with Gasteiger partial charge in [-0.2, -0.15) is 0 Å². The molecule has 0 saturated heterocycles. The third-order valence-corrected chi connectivity index (χ3v) is 4.06. The molecule has 0 N–H and O–H groups in total. The summed E-state index contributed by atoms with van der Waals surface area (Å²) < 4.78 is 0. The molecule has 0 aromatic carbocycles. The summed E-state index contributed by atoms with van der Waals surface area (Å²) in [5, 5.41) is 0. The maximum Gasteiger partial charge on any atom is 0.146 e. The fourth-order valence-corrected chi connectivity index (χ4v) is 2.05. The highest BCUT2D eigenvalue weighted by molar-refractivity contribution is 6.19. The third kappa shape index (κ3) is 10.6. The van der Waals surface area contributed by atoms with Gasteiger partial charge in [-0.05, 0) is 57.9 Å². The molecule has 124 valence electrons. The molecule has 0 aromatic rings. The van der Waals surface area contributed by atoms with Crippen LogP contribution in [0.4, 0.5) is 0 Å². The molecular formula is C20H31ClO. The van der Waals surface area contributed by atoms with E-state index in [0.29, 0.717) is 5.88 Å². The highest BCUT2D eigenvalue weighted by Crippen LogP contribution is 2.13. The van der Waals surface area contributed by atoms with Crippen molar-refractivity contribution in [2.75, 3.05) is 5.88 Å². The van der Waals surface area contributed by atoms with Crippen LogP contribution in [-0.4, -0.2) is 12.2 Å². The standard InChI is InChI=1S/C20H31ClO/c1-16(2)20(15-22)13-12-18(4)10-6-8-17(3)9-7-11-19(5)14-21/h8,11-13,15-16H,6-7,9-10,14H2,1-5H3/b17-8+,18-12+,19-11+,20-13-. The van der Waals surface area contributed by atoms with Gasteiger partial charge in [0.25, 0.3) is 0 Å². The molecule has 0 saturated carbocycles. The van der Waals surface area contributed by atoms with Gasteiger partial charge in [-0.15, -0.1) is 11.6 Å². The van der Waals surface area contributed by atoms with Gasteiger partial charge in [-0.3, -0.25) is 4.79 Å². The number of aldehydes is 1. The Hall–Kier alpha value is -1.08. The number of allylic oxidation sites excluding steroid dienone is 8. The van der Waals surface area contributed by atoms with Crippen LogP contribution in [0.2, 0.25) is 0 Å². The average molecular weight is 323 g/mol. The Morgan fingerprint density at radius 1 is 0.909 bits per heavy atom. The second-order valence-corrected chi connectivity index (χ2v) is 6.53. The number of carbonyl (C=O) groups is 1. The minimum atomic E-state index is 0.285. The lowest BCUT2D eigenvalue weighted by atomic mass is 10.0. The Balaban J connectivity index is 4.27. The third-order valence-electron chi connectivity index (χ3n) is 3.64. The zero-order chi connectivity index (χ0) is 17.0. The number of halogens is 1. The summed E-state index contributed by atoms with van der Waals surface area (Å²) in [5.74, 6) is 0.910. The van der Waals surface area contributed by atoms with Crippen molar-refractivity contribution in [3.05, 3.63) is 46.6 Å². The van der Waals surface area contributed by atoms with Gasteiger partial charge in [0.2, 0.25) is 0 Å². The van der Waals surface area contributed by atoms with Gasteiger partial charge >= 0.3 is 0 Å². The normalized spacial score (nSPS) is 14.7. The lowest BCUT2D eigenvalue weighted by molar-refractivity contribution is -0.105. The van der Waals surface area contributed by atoms with E-state index in [0.717, 1.165) is 37.5 Å². The molecule has 0 atom stereocenters. The summed E-state index contributed by atoms with van der Waals surface area (Å²) in [5.41, 5.74) is 4.84. The number of rotatable bonds is 10. The van der Waals surface area contributed by atoms with E-state index in [1.165, 1.54) is 16.7 Å². The van der Waals surface area contributed by atoms with Gasteiger partial charge in [-0.25, -0.2) is 0 Å². The van der Waals surface area contributed by atoms with E-state index in [-0.39, 0.29) is 5.92 Å². The molecule has 0 heterocycles. The number of carbonyl (C=O) groups excluding carboxylic acids is 1. The van der Waals surface area contributed by atoms with E-state index in [9.17, 15) is 4.79 Å². The molecule has 0 amide bonds. The van der Waals surface area contributed by atoms with Crippen LogP contribution in [0.3, 0.4) is 0 Å². The van der Waals surface area contributed by atoms with E-state index in [2.05, 4.69) is 39.0 Å². The Labute approximate surface area is 141 Å². The molecular weight excluding hydrogens is 292 g/mol. The summed E-state index contributed by atoms with van der Waals surface area (Å²) >= 11 is 5.75. The SMILES string of the molecule is C/C(=C\CC/C(C)=C/CC/C(C)=C/C=C(/C=O)C(C)C)CCl. The van der Waals surface area contributed by atoms with Gasteiger partial charge in [0, 0.05) is 5.88 Å². The lowest BCUT2D eigenvalue weighted by Gasteiger charge is -2.03. The first kappa shape index (κ1) is 20.9. The van der Waals surface area contributed by atoms with Crippen LogP contribution in [0, 0.1) is 5.92 Å². The Morgan fingerprint density at radius 2 is 1.45 bits per heavy atom. The Kier molecular flexibility index (Phi) is 11.9. The lowest BCUT2D eigenvalue weighted by Crippen LogP contribution is -1.94. The first-order chi connectivity index (χ1) is 10.4. The largest absolute Gasteiger partial charge is 0.298 e. The van der Waals surface area contributed by atoms with Crippen molar-refractivity contribution in [1.29, 1.82) is 0 Å². The van der Waals surface area contributed by atoms with Crippen LogP contribution in [0.25, 0.3) is 0 Å². The van der Waals surface area contributed by atoms with Crippen molar-refractivity contribution in [1.82, 2.24) is 0 Å². The van der Waals surface area contributed by atoms with E-state index in [4.69, 9.17) is 11.6 Å². The van der Waals surface area contributed by atoms with Gasteiger partial charge in [0.15, 0.2) is 0 Å². The number of alkyl halides is 1. The maximum atomic E-state index is 10.9. The predicted octanol–water partition coefficient (Wildman–Crippen LogP) is 6.41. The summed E-state index contributed by atoms with van der Waals surface area (Å²) in [7, 11) is 0. The quantitative estimate of drug-likeness (QED) is 0.149. The predicted molar refractivity (Wildman–Crippen MR) is 99.4 cm³/mol. The minimum Gasteiger partial charge on any atom is -0.298 e. The van der Waals surface area contributed by atoms with Crippen LogP contribution >= 0.6 is 11.6 Å². The highest BCUT2D eigenvalue weighted by Gasteiger charge is 1.99. The monoisotopic (exact) mass is 322 g/mol. The second-order valence-electron chi connectivity index (χ2n) is 6.26. The minimum absolute atomic E-state index is 0.285. The summed E-state index contributed by atoms with van der Waals surface area (Å²) in [6.45, 7) is 10.4. The van der Waals surface area contributed by atoms with Crippen LogP contribution in [0.5, 0.6) is 0 Å². The molecule has 0 fully saturated rings. The molecule has 0 radical (unpaired) electrons. The number of hydrogen-bond acceptors (Lipinski definition) is 1. The fourth-order valence-electron chi connectivity index (χ4n) is 1.94. The first-order valence-electron chi connectivity index (χ1n) is 8.10. The molecule has 0 aliphatic carbocycles. The maximum absolute atomic E-state index is 10.9. The molecule has 0 aromatic heterocycles. The zero-order valence-corrected chi connectivity index (χ0v) is 15.5. The Morgan fingerprint density at radius 3 is 1.95 bits per heavy atom. The molecule has 0 aliphatic heterocycles. The topological polar surface area (TPSA) is 17.1 Å². The molecule has 0 unspecified atom stereocenters. The van der Waals surface area contributed by atoms with Crippen molar-refractivity contribution < 1.29 is 4.79 Å². The summed E-state index contributed by atoms with van der Waals surface area (Å²) in [6.07, 6.45) is 13.8. The van der Waals surface area contributed by atoms with Gasteiger partial charge < -0.3 is 0 Å². The van der Waals surface area contributed by atoms with E-state index < -0.39 is 0 Å². The summed E-state index contributed by atoms with van der Waals surface area (Å²) in [4.78, 5) is 10.9. The van der Waals surface area contributed by atoms with Crippen LogP contribution < -0.4 is 0 Å². The van der Waals surface area contributed by atoms with Crippen molar-refractivity contribution >= 4 is 17.9 Å². The van der Waals surface area contributed by atoms with Crippen LogP contribution in [0.15, 0.2) is 46.6 Å². The van der Waals surface area contributed by atoms with Crippen molar-refractivity contribution in [3.8, 4) is 0 Å². The van der Waals surface area contributed by atoms with E-state index in [1.54, 1.807) is 0 Å². The van der Waals surface area contributed by atoms with Crippen molar-refractivity contribution in [3.63, 3.8) is 0 Å². The zero-order valence-electron chi connectivity index (χ0n) is 14.8. The van der Waals surface area contributed by atoms with E-state index in [1.807, 2.05) is 19.9 Å². The van der Waals surface area contributed by atoms with Gasteiger partial charge in [-0.1, -0.05) is 54.9 Å². The van der Waals surface area contributed by atoms with Gasteiger partial charge in [0.05, 0.1) is 0 Å². The molecule has 0 bridgehead atoms. The molecule has 1 nitrogen and oxygen atoms in total. The average Bonchev–Trinajstić information content (AvgIpc) is 2.47. The first-order valence-corrected chi connectivity index (χ1v) is 8.63. The summed E-state index contributed by atoms with van der Waals surface area (Å²) in [6, 6.07) is 0. The van der Waals surface area contributed by atoms with Gasteiger partial charge in [0.1, 0.15) is 6.29 Å².